The summed E-state index contributed by atoms with van der Waals surface area (Å²) in [6.45, 7) is -0.0831. The number of benzene rings is 2. The van der Waals surface area contributed by atoms with Crippen LogP contribution in [0, 0.1) is 11.7 Å². The van der Waals surface area contributed by atoms with E-state index in [1.165, 1.54) is 41.3 Å². The lowest BCUT2D eigenvalue weighted by atomic mass is 10.1. The number of carbonyl (C=O) groups is 3. The highest BCUT2D eigenvalue weighted by Crippen LogP contribution is 2.25. The van der Waals surface area contributed by atoms with Crippen molar-refractivity contribution in [2.24, 2.45) is 5.92 Å². The minimum atomic E-state index is -0.587. The van der Waals surface area contributed by atoms with Crippen molar-refractivity contribution in [3.05, 3.63) is 54.3 Å². The van der Waals surface area contributed by atoms with E-state index >= 15 is 0 Å². The highest BCUT2D eigenvalue weighted by molar-refractivity contribution is 6.01. The fraction of sp³-hybridized carbons (Fsp3) is 0.211. The average Bonchev–Trinajstić information content (AvgIpc) is 3.02. The van der Waals surface area contributed by atoms with Crippen LogP contribution in [0.2, 0.25) is 0 Å². The molecule has 1 fully saturated rings. The van der Waals surface area contributed by atoms with Crippen LogP contribution in [0.15, 0.2) is 48.5 Å². The molecule has 1 aliphatic heterocycles. The Morgan fingerprint density at radius 3 is 2.63 bits per heavy atom. The standard InChI is InChI=1S/C19H18FN3O4/c20-13-4-6-15(7-5-13)23-11-12(8-18(23)26)19(27)21-10-17(25)22-14-2-1-3-16(24)9-14/h1-7,9,12,24H,8,10-11H2,(H,21,27)(H,22,25). The lowest BCUT2D eigenvalue weighted by Crippen LogP contribution is -2.37. The van der Waals surface area contributed by atoms with E-state index in [4.69, 9.17) is 0 Å². The Labute approximate surface area is 154 Å². The molecule has 0 bridgehead atoms. The summed E-state index contributed by atoms with van der Waals surface area (Å²) in [4.78, 5) is 37.7. The van der Waals surface area contributed by atoms with Gasteiger partial charge in [0, 0.05) is 30.4 Å². The predicted molar refractivity (Wildman–Crippen MR) is 96.6 cm³/mol. The molecule has 27 heavy (non-hydrogen) atoms. The number of phenols is 1. The number of anilines is 2. The maximum absolute atomic E-state index is 13.0. The number of nitrogens with one attached hydrogen (secondary N) is 2. The zero-order chi connectivity index (χ0) is 19.4. The predicted octanol–water partition coefficient (Wildman–Crippen LogP) is 1.64. The van der Waals surface area contributed by atoms with Gasteiger partial charge in [-0.15, -0.1) is 0 Å². The maximum Gasteiger partial charge on any atom is 0.243 e. The van der Waals surface area contributed by atoms with Gasteiger partial charge < -0.3 is 20.6 Å². The molecule has 1 saturated heterocycles. The molecule has 0 aromatic heterocycles. The lowest BCUT2D eigenvalue weighted by Gasteiger charge is -2.16. The van der Waals surface area contributed by atoms with Crippen LogP contribution >= 0.6 is 0 Å². The smallest absolute Gasteiger partial charge is 0.243 e. The Balaban J connectivity index is 1.52. The van der Waals surface area contributed by atoms with Gasteiger partial charge in [0.25, 0.3) is 0 Å². The van der Waals surface area contributed by atoms with Crippen molar-refractivity contribution in [1.29, 1.82) is 0 Å². The van der Waals surface area contributed by atoms with Crippen molar-refractivity contribution in [1.82, 2.24) is 5.32 Å². The van der Waals surface area contributed by atoms with Gasteiger partial charge in [-0.05, 0) is 36.4 Å². The molecule has 0 aliphatic carbocycles. The molecule has 3 rings (SSSR count). The van der Waals surface area contributed by atoms with Crippen LogP contribution in [0.1, 0.15) is 6.42 Å². The number of hydrogen-bond donors (Lipinski definition) is 3. The highest BCUT2D eigenvalue weighted by Gasteiger charge is 2.35. The first-order chi connectivity index (χ1) is 12.9. The van der Waals surface area contributed by atoms with Gasteiger partial charge >= 0.3 is 0 Å². The van der Waals surface area contributed by atoms with Gasteiger partial charge in [-0.25, -0.2) is 4.39 Å². The van der Waals surface area contributed by atoms with E-state index in [2.05, 4.69) is 10.6 Å². The van der Waals surface area contributed by atoms with Crippen molar-refractivity contribution in [3.8, 4) is 5.75 Å². The highest BCUT2D eigenvalue weighted by atomic mass is 19.1. The fourth-order valence-corrected chi connectivity index (χ4v) is 2.85. The molecule has 7 nitrogen and oxygen atoms in total. The van der Waals surface area contributed by atoms with Crippen molar-refractivity contribution in [3.63, 3.8) is 0 Å². The summed E-state index contributed by atoms with van der Waals surface area (Å²) < 4.78 is 13.0. The van der Waals surface area contributed by atoms with Crippen LogP contribution in [0.3, 0.4) is 0 Å². The summed E-state index contributed by atoms with van der Waals surface area (Å²) in [5, 5.41) is 14.4. The summed E-state index contributed by atoms with van der Waals surface area (Å²) >= 11 is 0. The van der Waals surface area contributed by atoms with Crippen LogP contribution in [-0.4, -0.2) is 35.9 Å². The van der Waals surface area contributed by atoms with Crippen LogP contribution in [0.4, 0.5) is 15.8 Å². The minimum Gasteiger partial charge on any atom is -0.508 e. The monoisotopic (exact) mass is 371 g/mol. The Hall–Kier alpha value is -3.42. The number of nitrogens with zero attached hydrogens (tertiary/aromatic N) is 1. The topological polar surface area (TPSA) is 98.7 Å². The van der Waals surface area contributed by atoms with Gasteiger partial charge in [-0.1, -0.05) is 6.07 Å². The number of phenolic OH excluding ortho intramolecular Hbond substituents is 1. The number of hydrogen-bond acceptors (Lipinski definition) is 4. The Kier molecular flexibility index (Phi) is 5.35. The first-order valence-corrected chi connectivity index (χ1v) is 8.35. The molecule has 1 unspecified atom stereocenters. The third-order valence-corrected chi connectivity index (χ3v) is 4.19. The molecule has 2 aromatic rings. The Bertz CT molecular complexity index is 870. The lowest BCUT2D eigenvalue weighted by molar-refractivity contribution is -0.127. The zero-order valence-corrected chi connectivity index (χ0v) is 14.3. The molecule has 140 valence electrons. The van der Waals surface area contributed by atoms with E-state index in [0.717, 1.165) is 0 Å². The molecule has 0 radical (unpaired) electrons. The third kappa shape index (κ3) is 4.60. The fourth-order valence-electron chi connectivity index (χ4n) is 2.85. The van der Waals surface area contributed by atoms with Gasteiger partial charge in [0.1, 0.15) is 11.6 Å². The minimum absolute atomic E-state index is 0.0159. The number of carbonyl (C=O) groups excluding carboxylic acids is 3. The van der Waals surface area contributed by atoms with E-state index in [9.17, 15) is 23.9 Å². The molecule has 1 atom stereocenters. The second-order valence-corrected chi connectivity index (χ2v) is 6.20. The van der Waals surface area contributed by atoms with Gasteiger partial charge in [-0.3, -0.25) is 14.4 Å². The molecule has 8 heteroatoms. The molecular weight excluding hydrogens is 353 g/mol. The zero-order valence-electron chi connectivity index (χ0n) is 14.3. The largest absolute Gasteiger partial charge is 0.508 e. The molecule has 3 amide bonds. The summed E-state index contributed by atoms with van der Waals surface area (Å²) in [7, 11) is 0. The average molecular weight is 371 g/mol. The van der Waals surface area contributed by atoms with Crippen molar-refractivity contribution >= 4 is 29.1 Å². The molecule has 0 saturated carbocycles. The molecular formula is C19H18FN3O4. The van der Waals surface area contributed by atoms with Gasteiger partial charge in [0.15, 0.2) is 0 Å². The number of rotatable bonds is 5. The number of amides is 3. The van der Waals surface area contributed by atoms with Crippen LogP contribution in [0.25, 0.3) is 0 Å². The van der Waals surface area contributed by atoms with E-state index in [0.29, 0.717) is 11.4 Å². The third-order valence-electron chi connectivity index (χ3n) is 4.19. The first-order valence-electron chi connectivity index (χ1n) is 8.35. The summed E-state index contributed by atoms with van der Waals surface area (Å²) in [6.07, 6.45) is 0.0252. The summed E-state index contributed by atoms with van der Waals surface area (Å²) in [6, 6.07) is 11.5. The normalized spacial score (nSPS) is 16.3. The van der Waals surface area contributed by atoms with Crippen molar-refractivity contribution in [2.75, 3.05) is 23.3 Å². The molecule has 2 aromatic carbocycles. The van der Waals surface area contributed by atoms with Crippen molar-refractivity contribution in [2.45, 2.75) is 6.42 Å². The SMILES string of the molecule is O=C(CNC(=O)C1CC(=O)N(c2ccc(F)cc2)C1)Nc1cccc(O)c1. The van der Waals surface area contributed by atoms with E-state index in [-0.39, 0.29) is 31.2 Å². The van der Waals surface area contributed by atoms with Crippen LogP contribution in [-0.2, 0) is 14.4 Å². The van der Waals surface area contributed by atoms with E-state index in [1.807, 2.05) is 0 Å². The number of halogens is 1. The van der Waals surface area contributed by atoms with E-state index in [1.54, 1.807) is 12.1 Å². The van der Waals surface area contributed by atoms with Crippen LogP contribution in [0.5, 0.6) is 5.75 Å². The quantitative estimate of drug-likeness (QED) is 0.744. The number of aromatic hydroxyl groups is 1. The summed E-state index contributed by atoms with van der Waals surface area (Å²) in [5.41, 5.74) is 0.936. The van der Waals surface area contributed by atoms with E-state index < -0.39 is 23.5 Å². The molecule has 3 N–H and O–H groups in total. The second kappa shape index (κ2) is 7.86. The second-order valence-electron chi connectivity index (χ2n) is 6.20. The molecule has 1 heterocycles. The maximum atomic E-state index is 13.0. The molecule has 0 spiro atoms. The Morgan fingerprint density at radius 1 is 1.19 bits per heavy atom. The van der Waals surface area contributed by atoms with Gasteiger partial charge in [-0.2, -0.15) is 0 Å². The molecule has 1 aliphatic rings. The summed E-state index contributed by atoms with van der Waals surface area (Å²) in [5.74, 6) is -2.06. The van der Waals surface area contributed by atoms with Crippen molar-refractivity contribution < 1.29 is 23.9 Å². The Morgan fingerprint density at radius 2 is 1.93 bits per heavy atom. The first kappa shape index (κ1) is 18.4. The van der Waals surface area contributed by atoms with Gasteiger partial charge in [0.2, 0.25) is 17.7 Å². The van der Waals surface area contributed by atoms with Crippen LogP contribution < -0.4 is 15.5 Å². The van der Waals surface area contributed by atoms with Gasteiger partial charge in [0.05, 0.1) is 12.5 Å².